The van der Waals surface area contributed by atoms with Crippen LogP contribution in [0.1, 0.15) is 33.1 Å². The zero-order valence-electron chi connectivity index (χ0n) is 12.6. The number of anilines is 1. The van der Waals surface area contributed by atoms with E-state index >= 15 is 0 Å². The van der Waals surface area contributed by atoms with Crippen LogP contribution >= 0.6 is 0 Å². The minimum atomic E-state index is -0.271. The second-order valence-corrected chi connectivity index (χ2v) is 5.89. The van der Waals surface area contributed by atoms with Gasteiger partial charge in [0.05, 0.1) is 24.7 Å². The van der Waals surface area contributed by atoms with Gasteiger partial charge in [-0.05, 0) is 38.8 Å². The number of nitrogen functional groups attached to an aromatic ring is 1. The van der Waals surface area contributed by atoms with E-state index in [0.29, 0.717) is 18.0 Å². The number of carbonyl (C=O) groups is 1. The maximum absolute atomic E-state index is 11.6. The molecule has 21 heavy (non-hydrogen) atoms. The number of benzene rings is 1. The Kier molecular flexibility index (Phi) is 5.07. The molecule has 0 radical (unpaired) electrons. The third-order valence-corrected chi connectivity index (χ3v) is 3.42. The monoisotopic (exact) mass is 293 g/mol. The minimum absolute atomic E-state index is 0.0128. The lowest BCUT2D eigenvalue weighted by Gasteiger charge is -2.19. The molecule has 0 aromatic heterocycles. The fraction of sp³-hybridized carbons (Fsp3) is 0.562. The first-order chi connectivity index (χ1) is 9.94. The lowest BCUT2D eigenvalue weighted by Crippen LogP contribution is -2.24. The number of ether oxygens (including phenoxy) is 3. The van der Waals surface area contributed by atoms with Gasteiger partial charge in [-0.3, -0.25) is 4.79 Å². The molecule has 0 aliphatic carbocycles. The maximum Gasteiger partial charge on any atom is 0.309 e. The summed E-state index contributed by atoms with van der Waals surface area (Å²) in [5.74, 6) is 0.385. The topological polar surface area (TPSA) is 70.8 Å². The Balaban J connectivity index is 1.62. The molecule has 5 nitrogen and oxygen atoms in total. The van der Waals surface area contributed by atoms with Gasteiger partial charge in [-0.25, -0.2) is 0 Å². The third kappa shape index (κ3) is 5.27. The predicted molar refractivity (Wildman–Crippen MR) is 80.1 cm³/mol. The summed E-state index contributed by atoms with van der Waals surface area (Å²) in [6.07, 6.45) is 2.15. The number of hydrogen-bond donors (Lipinski definition) is 1. The number of nitrogens with two attached hydrogens (primary N) is 1. The van der Waals surface area contributed by atoms with E-state index in [9.17, 15) is 4.79 Å². The molecule has 1 saturated heterocycles. The average Bonchev–Trinajstić information content (AvgIpc) is 2.76. The Morgan fingerprint density at radius 2 is 2.29 bits per heavy atom. The van der Waals surface area contributed by atoms with Crippen LogP contribution in [0.3, 0.4) is 0 Å². The minimum Gasteiger partial charge on any atom is -0.493 e. The molecule has 0 saturated carbocycles. The first kappa shape index (κ1) is 15.6. The molecule has 1 aliphatic rings. The zero-order chi connectivity index (χ0) is 15.3. The van der Waals surface area contributed by atoms with E-state index < -0.39 is 0 Å². The molecule has 2 N–H and O–H groups in total. The fourth-order valence-electron chi connectivity index (χ4n) is 2.31. The van der Waals surface area contributed by atoms with Crippen LogP contribution in [-0.4, -0.2) is 30.9 Å². The average molecular weight is 293 g/mol. The summed E-state index contributed by atoms with van der Waals surface area (Å²) in [7, 11) is 0. The normalized spacial score (nSPS) is 20.2. The lowest BCUT2D eigenvalue weighted by molar-refractivity contribution is -0.149. The highest BCUT2D eigenvalue weighted by Gasteiger charge is 2.32. The summed E-state index contributed by atoms with van der Waals surface area (Å²) in [4.78, 5) is 11.6. The van der Waals surface area contributed by atoms with E-state index in [2.05, 4.69) is 0 Å². The van der Waals surface area contributed by atoms with Crippen LogP contribution in [0.25, 0.3) is 0 Å². The van der Waals surface area contributed by atoms with Crippen molar-refractivity contribution in [3.63, 3.8) is 0 Å². The molecular weight excluding hydrogens is 270 g/mol. The first-order valence-corrected chi connectivity index (χ1v) is 7.26. The van der Waals surface area contributed by atoms with Crippen molar-refractivity contribution in [3.05, 3.63) is 24.3 Å². The van der Waals surface area contributed by atoms with Crippen LogP contribution in [0.2, 0.25) is 0 Å². The molecule has 1 fully saturated rings. The zero-order valence-corrected chi connectivity index (χ0v) is 12.6. The van der Waals surface area contributed by atoms with Gasteiger partial charge in [-0.1, -0.05) is 6.07 Å². The summed E-state index contributed by atoms with van der Waals surface area (Å²) < 4.78 is 16.4. The number of esters is 1. The molecule has 1 aliphatic heterocycles. The quantitative estimate of drug-likeness (QED) is 0.644. The van der Waals surface area contributed by atoms with Gasteiger partial charge in [0.25, 0.3) is 0 Å². The molecular formula is C16H23NO4. The Morgan fingerprint density at radius 3 is 2.95 bits per heavy atom. The molecule has 0 amide bonds. The maximum atomic E-state index is 11.6. The SMILES string of the molecule is CC1(C)CCC(COC(=O)CCOc2cccc(N)c2)O1. The number of rotatable bonds is 6. The van der Waals surface area contributed by atoms with Crippen LogP contribution in [0, 0.1) is 0 Å². The van der Waals surface area contributed by atoms with Crippen molar-refractivity contribution >= 4 is 11.7 Å². The van der Waals surface area contributed by atoms with Crippen LogP contribution in [0.4, 0.5) is 5.69 Å². The van der Waals surface area contributed by atoms with Gasteiger partial charge in [0.15, 0.2) is 0 Å². The van der Waals surface area contributed by atoms with Crippen molar-refractivity contribution < 1.29 is 19.0 Å². The molecule has 1 heterocycles. The summed E-state index contributed by atoms with van der Waals surface area (Å²) in [5.41, 5.74) is 6.18. The highest BCUT2D eigenvalue weighted by molar-refractivity contribution is 5.69. The van der Waals surface area contributed by atoms with Crippen LogP contribution in [0.15, 0.2) is 24.3 Å². The van der Waals surface area contributed by atoms with Crippen LogP contribution in [-0.2, 0) is 14.3 Å². The van der Waals surface area contributed by atoms with E-state index in [0.717, 1.165) is 12.8 Å². The predicted octanol–water partition coefficient (Wildman–Crippen LogP) is 2.54. The van der Waals surface area contributed by atoms with Gasteiger partial charge in [-0.2, -0.15) is 0 Å². The first-order valence-electron chi connectivity index (χ1n) is 7.26. The second kappa shape index (κ2) is 6.80. The van der Waals surface area contributed by atoms with E-state index in [1.54, 1.807) is 18.2 Å². The molecule has 0 spiro atoms. The van der Waals surface area contributed by atoms with E-state index in [1.165, 1.54) is 0 Å². The fourth-order valence-corrected chi connectivity index (χ4v) is 2.31. The third-order valence-electron chi connectivity index (χ3n) is 3.42. The standard InChI is InChI=1S/C16H23NO4/c1-16(2)8-6-14(21-16)11-20-15(18)7-9-19-13-5-3-4-12(17)10-13/h3-5,10,14H,6-9,11,17H2,1-2H3. The molecule has 1 aromatic carbocycles. The number of carbonyl (C=O) groups excluding carboxylic acids is 1. The Labute approximate surface area is 125 Å². The van der Waals surface area contributed by atoms with Crippen molar-refractivity contribution in [3.8, 4) is 5.75 Å². The molecule has 1 aromatic rings. The Bertz CT molecular complexity index is 487. The van der Waals surface area contributed by atoms with Crippen molar-refractivity contribution in [1.29, 1.82) is 0 Å². The van der Waals surface area contributed by atoms with Crippen LogP contribution < -0.4 is 10.5 Å². The summed E-state index contributed by atoms with van der Waals surface area (Å²) >= 11 is 0. The van der Waals surface area contributed by atoms with Gasteiger partial charge in [0.2, 0.25) is 0 Å². The van der Waals surface area contributed by atoms with E-state index in [-0.39, 0.29) is 30.7 Å². The largest absolute Gasteiger partial charge is 0.493 e. The molecule has 116 valence electrons. The molecule has 1 unspecified atom stereocenters. The van der Waals surface area contributed by atoms with Gasteiger partial charge in [0.1, 0.15) is 12.4 Å². The second-order valence-electron chi connectivity index (χ2n) is 5.89. The van der Waals surface area contributed by atoms with Crippen molar-refractivity contribution in [2.75, 3.05) is 18.9 Å². The van der Waals surface area contributed by atoms with E-state index in [4.69, 9.17) is 19.9 Å². The van der Waals surface area contributed by atoms with Gasteiger partial charge in [0, 0.05) is 11.8 Å². The molecule has 0 bridgehead atoms. The Hall–Kier alpha value is -1.75. The van der Waals surface area contributed by atoms with Crippen molar-refractivity contribution in [2.24, 2.45) is 0 Å². The van der Waals surface area contributed by atoms with Crippen LogP contribution in [0.5, 0.6) is 5.75 Å². The smallest absolute Gasteiger partial charge is 0.309 e. The summed E-state index contributed by atoms with van der Waals surface area (Å²) in [5, 5.41) is 0. The van der Waals surface area contributed by atoms with E-state index in [1.807, 2.05) is 19.9 Å². The van der Waals surface area contributed by atoms with Gasteiger partial charge in [-0.15, -0.1) is 0 Å². The van der Waals surface area contributed by atoms with Gasteiger partial charge >= 0.3 is 5.97 Å². The Morgan fingerprint density at radius 1 is 1.48 bits per heavy atom. The molecule has 2 rings (SSSR count). The lowest BCUT2D eigenvalue weighted by atomic mass is 10.1. The molecule has 1 atom stereocenters. The summed E-state index contributed by atoms with van der Waals surface area (Å²) in [6, 6.07) is 7.11. The highest BCUT2D eigenvalue weighted by Crippen LogP contribution is 2.29. The summed E-state index contributed by atoms with van der Waals surface area (Å²) in [6.45, 7) is 4.70. The van der Waals surface area contributed by atoms with Crippen molar-refractivity contribution in [1.82, 2.24) is 0 Å². The van der Waals surface area contributed by atoms with Crippen molar-refractivity contribution in [2.45, 2.75) is 44.8 Å². The number of hydrogen-bond acceptors (Lipinski definition) is 5. The molecule has 5 heteroatoms. The highest BCUT2D eigenvalue weighted by atomic mass is 16.6. The van der Waals surface area contributed by atoms with Gasteiger partial charge < -0.3 is 19.9 Å².